The molecule has 0 aliphatic rings. The van der Waals surface area contributed by atoms with Gasteiger partial charge in [0, 0.05) is 26.3 Å². The third-order valence-corrected chi connectivity index (χ3v) is 2.50. The Bertz CT molecular complexity index is 323. The van der Waals surface area contributed by atoms with E-state index in [0.29, 0.717) is 6.54 Å². The Morgan fingerprint density at radius 2 is 2.07 bits per heavy atom. The highest BCUT2D eigenvalue weighted by Crippen LogP contribution is 2.23. The molecule has 1 atom stereocenters. The van der Waals surface area contributed by atoms with E-state index in [-0.39, 0.29) is 0 Å². The van der Waals surface area contributed by atoms with Crippen molar-refractivity contribution < 1.29 is 5.11 Å². The fourth-order valence-corrected chi connectivity index (χ4v) is 1.63. The highest BCUT2D eigenvalue weighted by molar-refractivity contribution is 5.54. The fourth-order valence-electron chi connectivity index (χ4n) is 1.63. The lowest BCUT2D eigenvalue weighted by atomic mass is 10.0. The average Bonchev–Trinajstić information content (AvgIpc) is 2.18. The molecule has 0 saturated heterocycles. The summed E-state index contributed by atoms with van der Waals surface area (Å²) in [6.07, 6.45) is -0.436. The maximum Gasteiger partial charge on any atom is 0.0915 e. The topological polar surface area (TPSA) is 35.5 Å². The molecule has 0 aliphatic heterocycles. The van der Waals surface area contributed by atoms with Gasteiger partial charge in [0.05, 0.1) is 6.10 Å². The zero-order chi connectivity index (χ0) is 11.4. The summed E-state index contributed by atoms with van der Waals surface area (Å²) >= 11 is 0. The van der Waals surface area contributed by atoms with Gasteiger partial charge in [-0.25, -0.2) is 0 Å². The number of anilines is 1. The largest absolute Gasteiger partial charge is 0.387 e. The lowest BCUT2D eigenvalue weighted by Crippen LogP contribution is -2.17. The molecule has 0 saturated carbocycles. The SMILES string of the molecule is CNCC(O)c1ccc(C)c(N(C)C)c1. The maximum absolute atomic E-state index is 9.84. The molecule has 15 heavy (non-hydrogen) atoms. The van der Waals surface area contributed by atoms with Crippen LogP contribution in [-0.2, 0) is 0 Å². The van der Waals surface area contributed by atoms with Gasteiger partial charge in [-0.05, 0) is 31.2 Å². The van der Waals surface area contributed by atoms with E-state index in [0.717, 1.165) is 11.3 Å². The van der Waals surface area contributed by atoms with Gasteiger partial charge in [-0.2, -0.15) is 0 Å². The molecular formula is C12H20N2O. The van der Waals surface area contributed by atoms with Gasteiger partial charge in [-0.1, -0.05) is 12.1 Å². The number of hydrogen-bond donors (Lipinski definition) is 2. The van der Waals surface area contributed by atoms with E-state index in [1.165, 1.54) is 5.56 Å². The highest BCUT2D eigenvalue weighted by Gasteiger charge is 2.09. The van der Waals surface area contributed by atoms with E-state index in [2.05, 4.69) is 17.1 Å². The highest BCUT2D eigenvalue weighted by atomic mass is 16.3. The van der Waals surface area contributed by atoms with Gasteiger partial charge in [0.25, 0.3) is 0 Å². The zero-order valence-corrected chi connectivity index (χ0v) is 9.91. The molecule has 84 valence electrons. The van der Waals surface area contributed by atoms with Crippen molar-refractivity contribution in [1.29, 1.82) is 0 Å². The summed E-state index contributed by atoms with van der Waals surface area (Å²) in [7, 11) is 5.86. The standard InChI is InChI=1S/C12H20N2O/c1-9-5-6-10(12(15)8-13-2)7-11(9)14(3)4/h5-7,12-13,15H,8H2,1-4H3. The van der Waals surface area contributed by atoms with E-state index in [1.807, 2.05) is 39.3 Å². The number of aliphatic hydroxyl groups is 1. The average molecular weight is 208 g/mol. The quantitative estimate of drug-likeness (QED) is 0.783. The smallest absolute Gasteiger partial charge is 0.0915 e. The number of hydrogen-bond acceptors (Lipinski definition) is 3. The van der Waals surface area contributed by atoms with Crippen molar-refractivity contribution in [3.8, 4) is 0 Å². The van der Waals surface area contributed by atoms with Gasteiger partial charge in [0.1, 0.15) is 0 Å². The summed E-state index contributed by atoms with van der Waals surface area (Å²) in [5, 5.41) is 12.8. The van der Waals surface area contributed by atoms with Gasteiger partial charge in [0.15, 0.2) is 0 Å². The third-order valence-electron chi connectivity index (χ3n) is 2.50. The molecule has 0 heterocycles. The van der Waals surface area contributed by atoms with Crippen LogP contribution in [0.5, 0.6) is 0 Å². The number of nitrogens with one attached hydrogen (secondary N) is 1. The Hall–Kier alpha value is -1.06. The summed E-state index contributed by atoms with van der Waals surface area (Å²) in [5.41, 5.74) is 3.33. The molecule has 1 aromatic rings. The molecule has 2 N–H and O–H groups in total. The Kier molecular flexibility index (Phi) is 4.12. The number of aryl methyl sites for hydroxylation is 1. The van der Waals surface area contributed by atoms with Gasteiger partial charge >= 0.3 is 0 Å². The van der Waals surface area contributed by atoms with Crippen molar-refractivity contribution in [2.24, 2.45) is 0 Å². The summed E-state index contributed by atoms with van der Waals surface area (Å²) in [5.74, 6) is 0. The molecule has 1 rings (SSSR count). The van der Waals surface area contributed by atoms with Crippen LogP contribution in [0.2, 0.25) is 0 Å². The summed E-state index contributed by atoms with van der Waals surface area (Å²) in [6.45, 7) is 2.65. The molecule has 0 amide bonds. The van der Waals surface area contributed by atoms with Crippen molar-refractivity contribution in [1.82, 2.24) is 5.32 Å². The minimum absolute atomic E-state index is 0.436. The second kappa shape index (κ2) is 5.14. The Balaban J connectivity index is 2.96. The molecule has 1 unspecified atom stereocenters. The van der Waals surface area contributed by atoms with Gasteiger partial charge < -0.3 is 15.3 Å². The Morgan fingerprint density at radius 1 is 1.40 bits per heavy atom. The van der Waals surface area contributed by atoms with E-state index >= 15 is 0 Å². The first kappa shape index (κ1) is 12.0. The van der Waals surface area contributed by atoms with Crippen molar-refractivity contribution in [3.63, 3.8) is 0 Å². The molecular weight excluding hydrogens is 188 g/mol. The monoisotopic (exact) mass is 208 g/mol. The van der Waals surface area contributed by atoms with Crippen LogP contribution in [0, 0.1) is 6.92 Å². The molecule has 0 radical (unpaired) electrons. The summed E-state index contributed by atoms with van der Waals surface area (Å²) in [6, 6.07) is 6.06. The van der Waals surface area contributed by atoms with Crippen molar-refractivity contribution in [2.45, 2.75) is 13.0 Å². The van der Waals surface area contributed by atoms with Gasteiger partial charge in [0.2, 0.25) is 0 Å². The van der Waals surface area contributed by atoms with E-state index in [9.17, 15) is 5.11 Å². The number of rotatable bonds is 4. The first-order valence-corrected chi connectivity index (χ1v) is 5.16. The fraction of sp³-hybridized carbons (Fsp3) is 0.500. The number of benzene rings is 1. The van der Waals surface area contributed by atoms with Crippen molar-refractivity contribution in [3.05, 3.63) is 29.3 Å². The number of nitrogens with zero attached hydrogens (tertiary/aromatic N) is 1. The summed E-state index contributed by atoms with van der Waals surface area (Å²) < 4.78 is 0. The van der Waals surface area contributed by atoms with Gasteiger partial charge in [-0.15, -0.1) is 0 Å². The lowest BCUT2D eigenvalue weighted by molar-refractivity contribution is 0.178. The number of likely N-dealkylation sites (N-methyl/N-ethyl adjacent to an activating group) is 1. The van der Waals surface area contributed by atoms with Crippen LogP contribution >= 0.6 is 0 Å². The third kappa shape index (κ3) is 2.94. The maximum atomic E-state index is 9.84. The van der Waals surface area contributed by atoms with Crippen LogP contribution in [-0.4, -0.2) is 32.8 Å². The molecule has 0 bridgehead atoms. The first-order chi connectivity index (χ1) is 7.06. The minimum Gasteiger partial charge on any atom is -0.387 e. The second-order valence-electron chi connectivity index (χ2n) is 4.01. The van der Waals surface area contributed by atoms with Crippen LogP contribution in [0.25, 0.3) is 0 Å². The minimum atomic E-state index is -0.436. The predicted octanol–water partition coefficient (Wildman–Crippen LogP) is 1.31. The van der Waals surface area contributed by atoms with E-state index in [4.69, 9.17) is 0 Å². The van der Waals surface area contributed by atoms with Crippen molar-refractivity contribution >= 4 is 5.69 Å². The van der Waals surface area contributed by atoms with Crippen LogP contribution in [0.3, 0.4) is 0 Å². The second-order valence-corrected chi connectivity index (χ2v) is 4.01. The van der Waals surface area contributed by atoms with Crippen LogP contribution in [0.1, 0.15) is 17.2 Å². The lowest BCUT2D eigenvalue weighted by Gasteiger charge is -2.18. The Labute approximate surface area is 91.7 Å². The zero-order valence-electron chi connectivity index (χ0n) is 9.91. The molecule has 1 aromatic carbocycles. The predicted molar refractivity (Wildman–Crippen MR) is 64.4 cm³/mol. The number of aliphatic hydroxyl groups excluding tert-OH is 1. The Morgan fingerprint density at radius 3 is 2.60 bits per heavy atom. The molecule has 0 spiro atoms. The normalized spacial score (nSPS) is 12.6. The van der Waals surface area contributed by atoms with Crippen LogP contribution in [0.15, 0.2) is 18.2 Å². The first-order valence-electron chi connectivity index (χ1n) is 5.16. The molecule has 3 heteroatoms. The van der Waals surface area contributed by atoms with Crippen molar-refractivity contribution in [2.75, 3.05) is 32.6 Å². The summed E-state index contributed by atoms with van der Waals surface area (Å²) in [4.78, 5) is 2.06. The molecule has 0 aromatic heterocycles. The van der Waals surface area contributed by atoms with Gasteiger partial charge in [-0.3, -0.25) is 0 Å². The van der Waals surface area contributed by atoms with E-state index < -0.39 is 6.10 Å². The van der Waals surface area contributed by atoms with Crippen LogP contribution in [0.4, 0.5) is 5.69 Å². The van der Waals surface area contributed by atoms with E-state index in [1.54, 1.807) is 0 Å². The molecule has 0 aliphatic carbocycles. The van der Waals surface area contributed by atoms with Crippen LogP contribution < -0.4 is 10.2 Å². The molecule has 0 fully saturated rings. The molecule has 3 nitrogen and oxygen atoms in total.